The maximum absolute atomic E-state index is 12.7. The summed E-state index contributed by atoms with van der Waals surface area (Å²) in [5, 5.41) is 20.7. The van der Waals surface area contributed by atoms with Gasteiger partial charge < -0.3 is 0 Å². The molecule has 97 heavy (non-hydrogen) atoms. The maximum Gasteiger partial charge on any atom is 0.416 e. The summed E-state index contributed by atoms with van der Waals surface area (Å²) in [6.45, 7) is 5.37. The van der Waals surface area contributed by atoms with Gasteiger partial charge in [0.05, 0.1) is 21.3 Å². The number of rotatable bonds is 14. The summed E-state index contributed by atoms with van der Waals surface area (Å²) in [4.78, 5) is 0. The van der Waals surface area contributed by atoms with E-state index in [-0.39, 0.29) is 36.2 Å². The zero-order chi connectivity index (χ0) is 66.7. The van der Waals surface area contributed by atoms with Gasteiger partial charge in [0.1, 0.15) is 5.69 Å². The van der Waals surface area contributed by atoms with Crippen LogP contribution in [0.3, 0.4) is 0 Å². The summed E-state index contributed by atoms with van der Waals surface area (Å²) in [5.74, 6) is 0. The number of nitrogens with zero attached hydrogens (tertiary/aromatic N) is 2. The molecule has 13 aromatic carbocycles. The summed E-state index contributed by atoms with van der Waals surface area (Å²) < 4.78 is 39.3. The second kappa shape index (κ2) is 37.9. The molecule has 0 amide bonds. The Morgan fingerprint density at radius 2 is 0.485 bits per heavy atom. The molecule has 0 N–H and O–H groups in total. The molecule has 1 heterocycles. The first-order valence-electron chi connectivity index (χ1n) is 31.1. The number of hydrogen-bond acceptors (Lipinski definition) is 1. The second-order valence-electron chi connectivity index (χ2n) is 21.5. The minimum Gasteiger partial charge on any atom is -0.237 e. The summed E-state index contributed by atoms with van der Waals surface area (Å²) in [6, 6.07) is 131. The number of halogens is 5. The average Bonchev–Trinajstić information content (AvgIpc) is 1.73. The van der Waals surface area contributed by atoms with Crippen LogP contribution in [0, 0.1) is 6.92 Å². The molecular weight excluding hydrogens is 1410 g/mol. The molecule has 0 unspecified atom stereocenters. The molecule has 0 spiro atoms. The van der Waals surface area contributed by atoms with Gasteiger partial charge in [-0.05, 0) is 114 Å². The van der Waals surface area contributed by atoms with Crippen molar-refractivity contribution in [2.45, 2.75) is 13.1 Å². The van der Waals surface area contributed by atoms with E-state index in [9.17, 15) is 13.2 Å². The molecule has 0 bridgehead atoms. The number of benzene rings is 13. The van der Waals surface area contributed by atoms with Gasteiger partial charge in [-0.1, -0.05) is 400 Å². The molecule has 0 fully saturated rings. The van der Waals surface area contributed by atoms with Crippen LogP contribution in [0.4, 0.5) is 13.2 Å². The van der Waals surface area contributed by atoms with Gasteiger partial charge in [0.25, 0.3) is 0 Å². The Morgan fingerprint density at radius 1 is 0.320 bits per heavy atom. The van der Waals surface area contributed by atoms with Gasteiger partial charge in [-0.3, -0.25) is 0 Å². The van der Waals surface area contributed by atoms with Gasteiger partial charge >= 0.3 is 6.18 Å². The Labute approximate surface area is 597 Å². The molecular formula is C85H69Cl2F3N2P4Pd. The average molecular weight is 1480 g/mol. The zero-order valence-corrected chi connectivity index (χ0v) is 59.7. The van der Waals surface area contributed by atoms with E-state index in [1.54, 1.807) is 19.2 Å². The van der Waals surface area contributed by atoms with Crippen molar-refractivity contribution >= 4 is 125 Å². The molecule has 1 aromatic heterocycles. The van der Waals surface area contributed by atoms with E-state index in [4.69, 9.17) is 23.2 Å². The fourth-order valence-corrected chi connectivity index (χ4v) is 20.3. The van der Waals surface area contributed by atoms with Gasteiger partial charge in [0, 0.05) is 32.2 Å². The van der Waals surface area contributed by atoms with Crippen molar-refractivity contribution in [2.75, 3.05) is 0 Å². The van der Waals surface area contributed by atoms with Crippen molar-refractivity contribution in [1.29, 1.82) is 0 Å². The first kappa shape index (κ1) is 72.8. The minimum absolute atomic E-state index is 0. The summed E-state index contributed by atoms with van der Waals surface area (Å²) in [5.41, 5.74) is 0.727. The molecule has 0 radical (unpaired) electrons. The number of aromatic nitrogens is 2. The van der Waals surface area contributed by atoms with Crippen LogP contribution >= 0.6 is 54.9 Å². The summed E-state index contributed by atoms with van der Waals surface area (Å²) in [6.07, 6.45) is -1.31. The van der Waals surface area contributed by atoms with Crippen molar-refractivity contribution < 1.29 is 33.6 Å². The Morgan fingerprint density at radius 3 is 0.619 bits per heavy atom. The van der Waals surface area contributed by atoms with Gasteiger partial charge in [-0.15, -0.1) is 0 Å². The Hall–Kier alpha value is -8.44. The Balaban J connectivity index is 0.000000142. The van der Waals surface area contributed by atoms with Crippen LogP contribution in [0.25, 0.3) is 11.8 Å². The molecule has 14 rings (SSSR count). The van der Waals surface area contributed by atoms with E-state index < -0.39 is 43.4 Å². The van der Waals surface area contributed by atoms with Crippen molar-refractivity contribution in [3.8, 4) is 5.69 Å². The smallest absolute Gasteiger partial charge is 0.237 e. The zero-order valence-electron chi connectivity index (χ0n) is 53.0. The summed E-state index contributed by atoms with van der Waals surface area (Å²) >= 11 is 11.8. The van der Waals surface area contributed by atoms with Crippen molar-refractivity contribution in [3.05, 3.63) is 416 Å². The Bertz CT molecular complexity index is 3670. The normalized spacial score (nSPS) is 10.7. The van der Waals surface area contributed by atoms with Crippen LogP contribution in [0.5, 0.6) is 0 Å². The van der Waals surface area contributed by atoms with E-state index in [0.29, 0.717) is 5.69 Å². The van der Waals surface area contributed by atoms with Crippen LogP contribution in [0.2, 0.25) is 10.0 Å². The van der Waals surface area contributed by atoms with Crippen LogP contribution in [0.1, 0.15) is 16.8 Å². The van der Waals surface area contributed by atoms with E-state index in [0.717, 1.165) is 17.7 Å². The molecule has 14 aromatic rings. The second-order valence-corrected chi connectivity index (χ2v) is 31.2. The molecule has 0 aliphatic rings. The molecule has 12 heteroatoms. The number of aryl methyl sites for hydroxylation is 1. The molecule has 2 nitrogen and oxygen atoms in total. The molecule has 0 saturated heterocycles. The van der Waals surface area contributed by atoms with Crippen LogP contribution in [0.15, 0.2) is 389 Å². The Kier molecular flexibility index (Phi) is 28.5. The molecule has 0 aliphatic carbocycles. The minimum atomic E-state index is -4.50. The van der Waals surface area contributed by atoms with E-state index in [1.165, 1.54) is 68.3 Å². The van der Waals surface area contributed by atoms with Crippen molar-refractivity contribution in [1.82, 2.24) is 9.78 Å². The number of alkyl halides is 3. The maximum atomic E-state index is 12.7. The van der Waals surface area contributed by atoms with Crippen LogP contribution in [-0.4, -0.2) is 9.78 Å². The van der Waals surface area contributed by atoms with Gasteiger partial charge in [-0.25, -0.2) is 4.68 Å². The SMILES string of the molecule is C=Cc1cn(-c2c(Cl)cc(C(F)(F)F)cc2Cl)nc1C.[Pd].c1ccc(P(c2ccccc2)c2ccccc2)cc1.c1ccc(P(c2ccccc2)c2ccccc2)cc1.c1ccc(P(c2ccccc2)c2ccccc2)cc1.c1ccc(P(c2ccccc2)c2ccccc2)cc1. The van der Waals surface area contributed by atoms with Gasteiger partial charge in [-0.2, -0.15) is 18.3 Å². The predicted molar refractivity (Wildman–Crippen MR) is 414 cm³/mol. The molecule has 484 valence electrons. The van der Waals surface area contributed by atoms with Gasteiger partial charge in [0.15, 0.2) is 0 Å². The first-order valence-corrected chi connectivity index (χ1v) is 37.2. The summed E-state index contributed by atoms with van der Waals surface area (Å²) in [7, 11) is -1.78. The topological polar surface area (TPSA) is 17.8 Å². The van der Waals surface area contributed by atoms with Gasteiger partial charge in [0.2, 0.25) is 0 Å². The fourth-order valence-electron chi connectivity index (χ4n) is 10.5. The third-order valence-electron chi connectivity index (χ3n) is 14.9. The van der Waals surface area contributed by atoms with Crippen LogP contribution < -0.4 is 63.7 Å². The predicted octanol–water partition coefficient (Wildman–Crippen LogP) is 18.9. The quantitative estimate of drug-likeness (QED) is 0.0784. The van der Waals surface area contributed by atoms with E-state index in [2.05, 4.69) is 376 Å². The largest absolute Gasteiger partial charge is 0.416 e. The van der Waals surface area contributed by atoms with E-state index in [1.807, 2.05) is 0 Å². The first-order chi connectivity index (χ1) is 47.0. The number of hydrogen-bond donors (Lipinski definition) is 0. The fraction of sp³-hybridized carbons (Fsp3) is 0.0235. The molecule has 0 saturated carbocycles. The van der Waals surface area contributed by atoms with Crippen molar-refractivity contribution in [2.24, 2.45) is 0 Å². The molecule has 0 aliphatic heterocycles. The van der Waals surface area contributed by atoms with Crippen molar-refractivity contribution in [3.63, 3.8) is 0 Å². The third kappa shape index (κ3) is 20.8. The standard InChI is InChI=1S/4C18H15P.C13H9Cl2F3N2.Pd/c4*1-4-10-16(11-5-1)19(17-12-6-2-7-13-17)18-14-8-3-9-15-18;1-3-8-6-20(19-7(8)2)12-10(14)4-9(5-11(12)15)13(16,17)18;/h4*1-15H;3-6H,1H2,2H3;. The monoisotopic (exact) mass is 1470 g/mol. The van der Waals surface area contributed by atoms with E-state index >= 15 is 0 Å². The third-order valence-corrected chi connectivity index (χ3v) is 25.3. The molecule has 0 atom stereocenters. The van der Waals surface area contributed by atoms with Crippen LogP contribution in [-0.2, 0) is 26.6 Å².